The van der Waals surface area contributed by atoms with Crippen LogP contribution in [0.25, 0.3) is 0 Å². The van der Waals surface area contributed by atoms with Crippen LogP contribution in [0.5, 0.6) is 5.75 Å². The summed E-state index contributed by atoms with van der Waals surface area (Å²) < 4.78 is 37.5. The summed E-state index contributed by atoms with van der Waals surface area (Å²) >= 11 is 2.42. The van der Waals surface area contributed by atoms with Gasteiger partial charge >= 0.3 is 0 Å². The fourth-order valence-electron chi connectivity index (χ4n) is 3.09. The summed E-state index contributed by atoms with van der Waals surface area (Å²) in [7, 11) is -1.99. The molecule has 1 aliphatic rings. The molecule has 2 aromatic heterocycles. The zero-order valence-electron chi connectivity index (χ0n) is 16.7. The van der Waals surface area contributed by atoms with E-state index in [9.17, 15) is 13.2 Å². The molecule has 0 unspecified atom stereocenters. The molecule has 8 nitrogen and oxygen atoms in total. The molecule has 1 aromatic carbocycles. The number of rotatable bonds is 7. The SMILES string of the molecule is COc1cccc(Cc2cnc(NC(=O)c3csc(S(=O)(=O)N4CCOCC4)c3)s2)c1. The smallest absolute Gasteiger partial charge is 0.258 e. The third-order valence-corrected chi connectivity index (χ3v) is 8.91. The molecule has 3 heterocycles. The third-order valence-electron chi connectivity index (χ3n) is 4.69. The maximum Gasteiger partial charge on any atom is 0.258 e. The minimum atomic E-state index is -3.62. The zero-order valence-corrected chi connectivity index (χ0v) is 19.2. The molecular weight excluding hydrogens is 458 g/mol. The Balaban J connectivity index is 1.41. The number of ether oxygens (including phenoxy) is 2. The summed E-state index contributed by atoms with van der Waals surface area (Å²) in [4.78, 5) is 17.9. The van der Waals surface area contributed by atoms with Crippen LogP contribution in [-0.2, 0) is 21.2 Å². The van der Waals surface area contributed by atoms with E-state index in [4.69, 9.17) is 9.47 Å². The molecule has 0 spiro atoms. The quantitative estimate of drug-likeness (QED) is 0.559. The average Bonchev–Trinajstić information content (AvgIpc) is 3.45. The molecule has 4 rings (SSSR count). The van der Waals surface area contributed by atoms with E-state index in [2.05, 4.69) is 10.3 Å². The summed E-state index contributed by atoms with van der Waals surface area (Å²) in [5.74, 6) is 0.401. The number of thiophene rings is 1. The molecule has 11 heteroatoms. The van der Waals surface area contributed by atoms with Gasteiger partial charge in [-0.3, -0.25) is 10.1 Å². The number of benzene rings is 1. The Hall–Kier alpha value is -2.31. The molecule has 1 fully saturated rings. The number of nitrogens with one attached hydrogen (secondary N) is 1. The number of morpholine rings is 1. The summed E-state index contributed by atoms with van der Waals surface area (Å²) in [6.45, 7) is 1.38. The van der Waals surface area contributed by atoms with Crippen LogP contribution in [0.2, 0.25) is 0 Å². The monoisotopic (exact) mass is 479 g/mol. The lowest BCUT2D eigenvalue weighted by atomic mass is 10.1. The van der Waals surface area contributed by atoms with E-state index < -0.39 is 10.0 Å². The molecule has 31 heavy (non-hydrogen) atoms. The fourth-order valence-corrected chi connectivity index (χ4v) is 6.65. The first kappa shape index (κ1) is 21.9. The second-order valence-corrected chi connectivity index (χ2v) is 11.0. The first-order valence-corrected chi connectivity index (χ1v) is 12.6. The normalized spacial score (nSPS) is 15.0. The van der Waals surface area contributed by atoms with Crippen molar-refractivity contribution in [1.82, 2.24) is 9.29 Å². The van der Waals surface area contributed by atoms with Crippen LogP contribution in [0.4, 0.5) is 5.13 Å². The van der Waals surface area contributed by atoms with Gasteiger partial charge in [0.15, 0.2) is 5.13 Å². The van der Waals surface area contributed by atoms with Crippen LogP contribution in [0.1, 0.15) is 20.8 Å². The second kappa shape index (κ2) is 9.45. The Morgan fingerprint density at radius 3 is 2.87 bits per heavy atom. The van der Waals surface area contributed by atoms with E-state index in [1.54, 1.807) is 18.7 Å². The van der Waals surface area contributed by atoms with Crippen molar-refractivity contribution >= 4 is 43.7 Å². The maximum atomic E-state index is 12.7. The molecule has 3 aromatic rings. The van der Waals surface area contributed by atoms with E-state index in [-0.39, 0.29) is 10.1 Å². The van der Waals surface area contributed by atoms with Crippen molar-refractivity contribution in [2.75, 3.05) is 38.7 Å². The number of hydrogen-bond donors (Lipinski definition) is 1. The van der Waals surface area contributed by atoms with Crippen molar-refractivity contribution in [3.63, 3.8) is 0 Å². The highest BCUT2D eigenvalue weighted by Crippen LogP contribution is 2.27. The first-order valence-electron chi connectivity index (χ1n) is 9.51. The van der Waals surface area contributed by atoms with E-state index >= 15 is 0 Å². The summed E-state index contributed by atoms with van der Waals surface area (Å²) in [6.07, 6.45) is 2.40. The number of sulfonamides is 1. The van der Waals surface area contributed by atoms with Gasteiger partial charge in [-0.2, -0.15) is 4.31 Å². The van der Waals surface area contributed by atoms with Gasteiger partial charge in [-0.05, 0) is 23.8 Å². The predicted molar refractivity (Wildman–Crippen MR) is 120 cm³/mol. The largest absolute Gasteiger partial charge is 0.497 e. The van der Waals surface area contributed by atoms with E-state index in [0.29, 0.717) is 43.4 Å². The number of nitrogens with zero attached hydrogens (tertiary/aromatic N) is 2. The van der Waals surface area contributed by atoms with Crippen molar-refractivity contribution in [2.24, 2.45) is 0 Å². The van der Waals surface area contributed by atoms with Crippen molar-refractivity contribution in [3.05, 3.63) is 57.9 Å². The van der Waals surface area contributed by atoms with Crippen molar-refractivity contribution in [2.45, 2.75) is 10.6 Å². The minimum Gasteiger partial charge on any atom is -0.497 e. The van der Waals surface area contributed by atoms with Gasteiger partial charge in [0.05, 0.1) is 25.9 Å². The lowest BCUT2D eigenvalue weighted by Gasteiger charge is -2.25. The Kier molecular flexibility index (Phi) is 6.68. The number of carbonyl (C=O) groups is 1. The Bertz CT molecular complexity index is 1170. The van der Waals surface area contributed by atoms with E-state index in [1.165, 1.54) is 21.7 Å². The number of thiazole rings is 1. The highest BCUT2D eigenvalue weighted by Gasteiger charge is 2.28. The lowest BCUT2D eigenvalue weighted by molar-refractivity contribution is 0.0731. The molecule has 1 aliphatic heterocycles. The average molecular weight is 480 g/mol. The van der Waals surface area contributed by atoms with Crippen LogP contribution in [0.15, 0.2) is 46.1 Å². The number of amides is 1. The minimum absolute atomic E-state index is 0.150. The maximum absolute atomic E-state index is 12.7. The summed E-state index contributed by atoms with van der Waals surface area (Å²) in [6, 6.07) is 9.19. The van der Waals surface area contributed by atoms with Crippen molar-refractivity contribution in [1.29, 1.82) is 0 Å². The highest BCUT2D eigenvalue weighted by atomic mass is 32.2. The molecule has 0 atom stereocenters. The zero-order chi connectivity index (χ0) is 21.8. The molecule has 1 N–H and O–H groups in total. The van der Waals surface area contributed by atoms with Gasteiger partial charge in [-0.1, -0.05) is 12.1 Å². The van der Waals surface area contributed by atoms with Gasteiger partial charge in [-0.15, -0.1) is 22.7 Å². The fraction of sp³-hybridized carbons (Fsp3) is 0.300. The van der Waals surface area contributed by atoms with Crippen LogP contribution in [0.3, 0.4) is 0 Å². The van der Waals surface area contributed by atoms with Crippen LogP contribution >= 0.6 is 22.7 Å². The van der Waals surface area contributed by atoms with Crippen molar-refractivity contribution in [3.8, 4) is 5.75 Å². The number of carbonyl (C=O) groups excluding carboxylic acids is 1. The molecule has 1 amide bonds. The summed E-state index contributed by atoms with van der Waals surface area (Å²) in [5, 5.41) is 4.77. The Morgan fingerprint density at radius 2 is 2.10 bits per heavy atom. The van der Waals surface area contributed by atoms with Gasteiger partial charge < -0.3 is 9.47 Å². The van der Waals surface area contributed by atoms with Crippen LogP contribution in [-0.4, -0.2) is 57.0 Å². The predicted octanol–water partition coefficient (Wildman–Crippen LogP) is 3.08. The summed E-state index contributed by atoms with van der Waals surface area (Å²) in [5.41, 5.74) is 1.37. The first-order chi connectivity index (χ1) is 15.0. The molecule has 0 saturated carbocycles. The van der Waals surface area contributed by atoms with Gasteiger partial charge in [0.2, 0.25) is 0 Å². The van der Waals surface area contributed by atoms with Gasteiger partial charge in [0.25, 0.3) is 15.9 Å². The van der Waals surface area contributed by atoms with Crippen molar-refractivity contribution < 1.29 is 22.7 Å². The highest BCUT2D eigenvalue weighted by molar-refractivity contribution is 7.91. The number of anilines is 1. The number of methoxy groups -OCH3 is 1. The van der Waals surface area contributed by atoms with Gasteiger partial charge in [-0.25, -0.2) is 13.4 Å². The molecule has 0 bridgehead atoms. The Labute approximate surface area is 188 Å². The molecular formula is C20H21N3O5S3. The molecule has 0 aliphatic carbocycles. The van der Waals surface area contributed by atoms with E-state index in [1.807, 2.05) is 24.3 Å². The topological polar surface area (TPSA) is 97.8 Å². The molecule has 0 radical (unpaired) electrons. The second-order valence-electron chi connectivity index (χ2n) is 6.79. The molecule has 164 valence electrons. The lowest BCUT2D eigenvalue weighted by Crippen LogP contribution is -2.40. The van der Waals surface area contributed by atoms with Crippen LogP contribution < -0.4 is 10.1 Å². The molecule has 1 saturated heterocycles. The van der Waals surface area contributed by atoms with Crippen LogP contribution in [0, 0.1) is 0 Å². The number of hydrogen-bond acceptors (Lipinski definition) is 8. The Morgan fingerprint density at radius 1 is 1.29 bits per heavy atom. The standard InChI is InChI=1S/C20H21N3O5S3/c1-27-16-4-2-3-14(9-16)10-17-12-21-20(30-17)22-19(24)15-11-18(29-13-15)31(25,26)23-5-7-28-8-6-23/h2-4,9,11-13H,5-8,10H2,1H3,(H,21,22,24). The van der Waals surface area contributed by atoms with Gasteiger partial charge in [0.1, 0.15) is 9.96 Å². The van der Waals surface area contributed by atoms with Gasteiger partial charge in [0, 0.05) is 36.0 Å². The van der Waals surface area contributed by atoms with E-state index in [0.717, 1.165) is 27.5 Å². The third kappa shape index (κ3) is 5.13. The number of aromatic nitrogens is 1.